The molecule has 0 saturated carbocycles. The van der Waals surface area contributed by atoms with Crippen molar-refractivity contribution in [2.75, 3.05) is 14.2 Å². The summed E-state index contributed by atoms with van der Waals surface area (Å²) in [4.78, 5) is 8.79. The standard InChI is InChI=1S/C15H18N2O2/c1-9-6-14(18-4)15(19-5)8-12(9)13-7-10(2)16-11(3)17-13/h6-8H,1-5H3. The molecule has 2 aromatic rings. The number of methoxy groups -OCH3 is 2. The molecule has 0 bridgehead atoms. The third-order valence-corrected chi connectivity index (χ3v) is 2.97. The van der Waals surface area contributed by atoms with Crippen molar-refractivity contribution in [2.45, 2.75) is 20.8 Å². The highest BCUT2D eigenvalue weighted by Gasteiger charge is 2.11. The summed E-state index contributed by atoms with van der Waals surface area (Å²) in [6.45, 7) is 5.89. The lowest BCUT2D eigenvalue weighted by atomic mass is 10.0. The van der Waals surface area contributed by atoms with E-state index in [0.717, 1.165) is 34.1 Å². The summed E-state index contributed by atoms with van der Waals surface area (Å²) in [5.41, 5.74) is 3.99. The van der Waals surface area contributed by atoms with E-state index >= 15 is 0 Å². The molecule has 0 spiro atoms. The summed E-state index contributed by atoms with van der Waals surface area (Å²) in [6, 6.07) is 5.89. The van der Waals surface area contributed by atoms with Gasteiger partial charge in [-0.3, -0.25) is 0 Å². The summed E-state index contributed by atoms with van der Waals surface area (Å²) in [7, 11) is 3.27. The monoisotopic (exact) mass is 258 g/mol. The average molecular weight is 258 g/mol. The molecule has 100 valence electrons. The van der Waals surface area contributed by atoms with Crippen LogP contribution in [0.3, 0.4) is 0 Å². The van der Waals surface area contributed by atoms with Crippen molar-refractivity contribution in [3.63, 3.8) is 0 Å². The quantitative estimate of drug-likeness (QED) is 0.848. The zero-order valence-corrected chi connectivity index (χ0v) is 11.9. The molecule has 0 aliphatic heterocycles. The van der Waals surface area contributed by atoms with Crippen LogP contribution in [0, 0.1) is 20.8 Å². The Morgan fingerprint density at radius 2 is 1.47 bits per heavy atom. The number of rotatable bonds is 3. The van der Waals surface area contributed by atoms with Crippen LogP contribution < -0.4 is 9.47 Å². The maximum atomic E-state index is 5.35. The van der Waals surface area contributed by atoms with Gasteiger partial charge < -0.3 is 9.47 Å². The Labute approximate surface area is 113 Å². The lowest BCUT2D eigenvalue weighted by molar-refractivity contribution is 0.355. The van der Waals surface area contributed by atoms with Crippen molar-refractivity contribution in [2.24, 2.45) is 0 Å². The van der Waals surface area contributed by atoms with Crippen LogP contribution in [0.1, 0.15) is 17.1 Å². The van der Waals surface area contributed by atoms with Gasteiger partial charge in [-0.05, 0) is 44.5 Å². The van der Waals surface area contributed by atoms with Crippen molar-refractivity contribution >= 4 is 0 Å². The van der Waals surface area contributed by atoms with Gasteiger partial charge >= 0.3 is 0 Å². The molecule has 0 aliphatic rings. The smallest absolute Gasteiger partial charge is 0.161 e. The molecule has 1 heterocycles. The fraction of sp³-hybridized carbons (Fsp3) is 0.333. The van der Waals surface area contributed by atoms with Crippen LogP contribution in [-0.4, -0.2) is 24.2 Å². The Balaban J connectivity index is 2.61. The van der Waals surface area contributed by atoms with Gasteiger partial charge in [0.05, 0.1) is 19.9 Å². The molecule has 2 rings (SSSR count). The van der Waals surface area contributed by atoms with E-state index in [1.807, 2.05) is 39.0 Å². The maximum absolute atomic E-state index is 5.35. The lowest BCUT2D eigenvalue weighted by Gasteiger charge is -2.13. The van der Waals surface area contributed by atoms with E-state index in [1.165, 1.54) is 0 Å². The number of nitrogens with zero attached hydrogens (tertiary/aromatic N) is 2. The second-order valence-electron chi connectivity index (χ2n) is 4.46. The second kappa shape index (κ2) is 5.26. The third-order valence-electron chi connectivity index (χ3n) is 2.97. The van der Waals surface area contributed by atoms with Crippen molar-refractivity contribution in [3.8, 4) is 22.8 Å². The molecule has 4 nitrogen and oxygen atoms in total. The van der Waals surface area contributed by atoms with Gasteiger partial charge in [0, 0.05) is 11.3 Å². The fourth-order valence-electron chi connectivity index (χ4n) is 2.11. The first kappa shape index (κ1) is 13.3. The van der Waals surface area contributed by atoms with Gasteiger partial charge in [0.15, 0.2) is 11.5 Å². The number of aryl methyl sites for hydroxylation is 3. The van der Waals surface area contributed by atoms with Crippen LogP contribution in [0.15, 0.2) is 18.2 Å². The highest BCUT2D eigenvalue weighted by atomic mass is 16.5. The van der Waals surface area contributed by atoms with Gasteiger partial charge in [0.25, 0.3) is 0 Å². The van der Waals surface area contributed by atoms with Gasteiger partial charge in [0.2, 0.25) is 0 Å². The molecule has 0 fully saturated rings. The Hall–Kier alpha value is -2.10. The van der Waals surface area contributed by atoms with Crippen molar-refractivity contribution in [3.05, 3.63) is 35.3 Å². The first-order valence-corrected chi connectivity index (χ1v) is 6.10. The SMILES string of the molecule is COc1cc(C)c(-c2cc(C)nc(C)n2)cc1OC. The van der Waals surface area contributed by atoms with E-state index in [1.54, 1.807) is 14.2 Å². The van der Waals surface area contributed by atoms with Crippen LogP contribution >= 0.6 is 0 Å². The topological polar surface area (TPSA) is 44.2 Å². The minimum Gasteiger partial charge on any atom is -0.493 e. The zero-order valence-electron chi connectivity index (χ0n) is 11.9. The van der Waals surface area contributed by atoms with Crippen molar-refractivity contribution in [1.29, 1.82) is 0 Å². The van der Waals surface area contributed by atoms with Crippen LogP contribution in [-0.2, 0) is 0 Å². The van der Waals surface area contributed by atoms with Crippen molar-refractivity contribution < 1.29 is 9.47 Å². The van der Waals surface area contributed by atoms with Gasteiger partial charge in [0.1, 0.15) is 5.82 Å². The molecule has 0 atom stereocenters. The highest BCUT2D eigenvalue weighted by Crippen LogP contribution is 2.34. The van der Waals surface area contributed by atoms with Gasteiger partial charge in [-0.25, -0.2) is 9.97 Å². The maximum Gasteiger partial charge on any atom is 0.161 e. The minimum atomic E-state index is 0.706. The Kier molecular flexibility index (Phi) is 3.69. The second-order valence-corrected chi connectivity index (χ2v) is 4.46. The number of ether oxygens (including phenoxy) is 2. The lowest BCUT2D eigenvalue weighted by Crippen LogP contribution is -1.97. The van der Waals surface area contributed by atoms with Crippen LogP contribution in [0.5, 0.6) is 11.5 Å². The van der Waals surface area contributed by atoms with E-state index in [-0.39, 0.29) is 0 Å². The molecule has 0 aliphatic carbocycles. The molecular weight excluding hydrogens is 240 g/mol. The van der Waals surface area contributed by atoms with E-state index in [9.17, 15) is 0 Å². The summed E-state index contributed by atoms with van der Waals surface area (Å²) in [5, 5.41) is 0. The Morgan fingerprint density at radius 3 is 2.05 bits per heavy atom. The van der Waals surface area contributed by atoms with Crippen LogP contribution in [0.2, 0.25) is 0 Å². The van der Waals surface area contributed by atoms with Gasteiger partial charge in [-0.15, -0.1) is 0 Å². The summed E-state index contributed by atoms with van der Waals surface area (Å²) in [5.74, 6) is 2.20. The summed E-state index contributed by atoms with van der Waals surface area (Å²) < 4.78 is 10.6. The first-order chi connectivity index (χ1) is 9.05. The van der Waals surface area contributed by atoms with Gasteiger partial charge in [-0.1, -0.05) is 0 Å². The minimum absolute atomic E-state index is 0.706. The summed E-state index contributed by atoms with van der Waals surface area (Å²) >= 11 is 0. The van der Waals surface area contributed by atoms with E-state index in [2.05, 4.69) is 9.97 Å². The molecule has 1 aromatic heterocycles. The highest BCUT2D eigenvalue weighted by molar-refractivity contribution is 5.68. The molecule has 0 amide bonds. The molecule has 1 aromatic carbocycles. The average Bonchev–Trinajstić information content (AvgIpc) is 2.37. The predicted molar refractivity (Wildman–Crippen MR) is 74.8 cm³/mol. The largest absolute Gasteiger partial charge is 0.493 e. The zero-order chi connectivity index (χ0) is 14.0. The predicted octanol–water partition coefficient (Wildman–Crippen LogP) is 3.09. The Bertz CT molecular complexity index is 589. The van der Waals surface area contributed by atoms with Gasteiger partial charge in [-0.2, -0.15) is 0 Å². The van der Waals surface area contributed by atoms with Crippen LogP contribution in [0.25, 0.3) is 11.3 Å². The summed E-state index contributed by atoms with van der Waals surface area (Å²) in [6.07, 6.45) is 0. The van der Waals surface area contributed by atoms with E-state index in [4.69, 9.17) is 9.47 Å². The number of benzene rings is 1. The van der Waals surface area contributed by atoms with E-state index in [0.29, 0.717) is 5.75 Å². The number of aromatic nitrogens is 2. The number of hydrogen-bond donors (Lipinski definition) is 0. The van der Waals surface area contributed by atoms with Crippen molar-refractivity contribution in [1.82, 2.24) is 9.97 Å². The molecule has 0 radical (unpaired) electrons. The molecule has 19 heavy (non-hydrogen) atoms. The van der Waals surface area contributed by atoms with E-state index < -0.39 is 0 Å². The molecule has 0 saturated heterocycles. The molecule has 4 heteroatoms. The molecular formula is C15H18N2O2. The normalized spacial score (nSPS) is 10.4. The first-order valence-electron chi connectivity index (χ1n) is 6.10. The fourth-order valence-corrected chi connectivity index (χ4v) is 2.11. The molecule has 0 N–H and O–H groups in total. The van der Waals surface area contributed by atoms with Crippen LogP contribution in [0.4, 0.5) is 0 Å². The molecule has 0 unspecified atom stereocenters. The third kappa shape index (κ3) is 2.67. The Morgan fingerprint density at radius 1 is 0.842 bits per heavy atom. The number of hydrogen-bond acceptors (Lipinski definition) is 4.